The van der Waals surface area contributed by atoms with Crippen molar-refractivity contribution < 1.29 is 4.79 Å². The summed E-state index contributed by atoms with van der Waals surface area (Å²) in [7, 11) is 1.81. The van der Waals surface area contributed by atoms with E-state index in [1.807, 2.05) is 54.6 Å². The van der Waals surface area contributed by atoms with Crippen LogP contribution < -0.4 is 15.5 Å². The van der Waals surface area contributed by atoms with Gasteiger partial charge in [0, 0.05) is 36.2 Å². The lowest BCUT2D eigenvalue weighted by Gasteiger charge is -2.19. The van der Waals surface area contributed by atoms with Crippen LogP contribution in [0, 0.1) is 0 Å². The fourth-order valence-corrected chi connectivity index (χ4v) is 4.03. The molecule has 0 unspecified atom stereocenters. The van der Waals surface area contributed by atoms with Gasteiger partial charge in [0.1, 0.15) is 0 Å². The molecule has 0 saturated heterocycles. The van der Waals surface area contributed by atoms with Crippen LogP contribution in [-0.4, -0.2) is 40.2 Å². The van der Waals surface area contributed by atoms with Gasteiger partial charge in [-0.3, -0.25) is 4.90 Å². The molecule has 2 amide bonds. The maximum absolute atomic E-state index is 12.6. The molecule has 186 valence electrons. The van der Waals surface area contributed by atoms with Gasteiger partial charge in [-0.15, -0.1) is 5.10 Å². The zero-order valence-electron chi connectivity index (χ0n) is 20.9. The molecule has 3 N–H and O–H groups in total. The molecular weight excluding hydrogens is 450 g/mol. The van der Waals surface area contributed by atoms with Crippen molar-refractivity contribution in [2.24, 2.45) is 0 Å². The lowest BCUT2D eigenvalue weighted by molar-refractivity contribution is 0.247. The predicted molar refractivity (Wildman–Crippen MR) is 145 cm³/mol. The van der Waals surface area contributed by atoms with Crippen LogP contribution in [0.1, 0.15) is 39.0 Å². The minimum Gasteiger partial charge on any atom is -0.355 e. The molecule has 4 rings (SSSR count). The highest BCUT2D eigenvalue weighted by molar-refractivity contribution is 5.92. The van der Waals surface area contributed by atoms with Crippen molar-refractivity contribution in [3.05, 3.63) is 72.8 Å². The van der Waals surface area contributed by atoms with E-state index in [0.29, 0.717) is 12.4 Å². The summed E-state index contributed by atoms with van der Waals surface area (Å²) in [6, 6.07) is 24.0. The second kappa shape index (κ2) is 12.5. The van der Waals surface area contributed by atoms with Crippen LogP contribution in [0.5, 0.6) is 0 Å². The molecular formula is C28H33N7O. The number of hydrogen-bond acceptors (Lipinski definition) is 5. The summed E-state index contributed by atoms with van der Waals surface area (Å²) in [5.41, 5.74) is 5.72. The van der Waals surface area contributed by atoms with E-state index in [0.717, 1.165) is 46.6 Å². The van der Waals surface area contributed by atoms with E-state index in [2.05, 4.69) is 56.4 Å². The number of unbranched alkanes of at least 4 members (excludes halogenated alkanes) is 4. The summed E-state index contributed by atoms with van der Waals surface area (Å²) >= 11 is 0. The quantitative estimate of drug-likeness (QED) is 0.215. The number of benzene rings is 3. The van der Waals surface area contributed by atoms with Gasteiger partial charge in [0.2, 0.25) is 0 Å². The number of tetrazole rings is 1. The van der Waals surface area contributed by atoms with Crippen LogP contribution in [0.4, 0.5) is 21.9 Å². The molecule has 1 aromatic heterocycles. The summed E-state index contributed by atoms with van der Waals surface area (Å²) < 4.78 is 0. The van der Waals surface area contributed by atoms with Crippen molar-refractivity contribution in [2.45, 2.75) is 39.0 Å². The monoisotopic (exact) mass is 483 g/mol. The van der Waals surface area contributed by atoms with Gasteiger partial charge < -0.3 is 10.6 Å². The van der Waals surface area contributed by atoms with Crippen LogP contribution >= 0.6 is 0 Å². The van der Waals surface area contributed by atoms with E-state index in [1.165, 1.54) is 19.3 Å². The fraction of sp³-hybridized carbons (Fsp3) is 0.286. The Morgan fingerprint density at radius 1 is 0.917 bits per heavy atom. The molecule has 0 bridgehead atoms. The number of aromatic nitrogens is 4. The van der Waals surface area contributed by atoms with E-state index in [4.69, 9.17) is 0 Å². The molecule has 0 saturated carbocycles. The zero-order chi connectivity index (χ0) is 25.2. The van der Waals surface area contributed by atoms with Crippen molar-refractivity contribution in [3.8, 4) is 22.5 Å². The SMILES string of the molecule is CCCCCCCNC(=O)N(C)c1cccc(-c2ccc(Nc3ccccc3-c3nnn[nH]3)cc2)c1. The molecule has 8 nitrogen and oxygen atoms in total. The van der Waals surface area contributed by atoms with Gasteiger partial charge in [-0.25, -0.2) is 9.89 Å². The highest BCUT2D eigenvalue weighted by Crippen LogP contribution is 2.30. The number of aromatic amines is 1. The number of urea groups is 1. The second-order valence-corrected chi connectivity index (χ2v) is 8.75. The van der Waals surface area contributed by atoms with E-state index >= 15 is 0 Å². The predicted octanol–water partition coefficient (Wildman–Crippen LogP) is 6.39. The van der Waals surface area contributed by atoms with E-state index in [-0.39, 0.29) is 6.03 Å². The number of H-pyrrole nitrogens is 1. The summed E-state index contributed by atoms with van der Waals surface area (Å²) in [6.07, 6.45) is 5.87. The first-order valence-electron chi connectivity index (χ1n) is 12.5. The normalized spacial score (nSPS) is 10.7. The van der Waals surface area contributed by atoms with Crippen molar-refractivity contribution in [2.75, 3.05) is 23.8 Å². The van der Waals surface area contributed by atoms with Gasteiger partial charge >= 0.3 is 6.03 Å². The van der Waals surface area contributed by atoms with Gasteiger partial charge in [-0.05, 0) is 64.4 Å². The van der Waals surface area contributed by atoms with Crippen LogP contribution in [-0.2, 0) is 0 Å². The first-order valence-corrected chi connectivity index (χ1v) is 12.5. The van der Waals surface area contributed by atoms with Gasteiger partial charge in [-0.2, -0.15) is 0 Å². The molecule has 1 heterocycles. The Kier molecular flexibility index (Phi) is 8.64. The Hall–Kier alpha value is -4.20. The lowest BCUT2D eigenvalue weighted by Crippen LogP contribution is -2.37. The largest absolute Gasteiger partial charge is 0.355 e. The third-order valence-electron chi connectivity index (χ3n) is 6.12. The molecule has 0 radical (unpaired) electrons. The van der Waals surface area contributed by atoms with Crippen molar-refractivity contribution >= 4 is 23.1 Å². The standard InChI is InChI=1S/C28H33N7O/c1-3-4-5-6-9-19-29-28(36)35(2)24-12-10-11-22(20-24)21-15-17-23(18-16-21)30-26-14-8-7-13-25(26)27-31-33-34-32-27/h7-8,10-18,20,30H,3-6,9,19H2,1-2H3,(H,29,36)(H,31,32,33,34). The highest BCUT2D eigenvalue weighted by atomic mass is 16.2. The third-order valence-corrected chi connectivity index (χ3v) is 6.12. The minimum absolute atomic E-state index is 0.0807. The third kappa shape index (κ3) is 6.47. The van der Waals surface area contributed by atoms with E-state index in [9.17, 15) is 4.79 Å². The van der Waals surface area contributed by atoms with Crippen molar-refractivity contribution in [3.63, 3.8) is 0 Å². The molecule has 4 aromatic rings. The van der Waals surface area contributed by atoms with Gasteiger partial charge in [-0.1, -0.05) is 69.0 Å². The minimum atomic E-state index is -0.0807. The average molecular weight is 484 g/mol. The summed E-state index contributed by atoms with van der Waals surface area (Å²) in [5.74, 6) is 0.608. The highest BCUT2D eigenvalue weighted by Gasteiger charge is 2.12. The molecule has 0 aliphatic heterocycles. The maximum atomic E-state index is 12.6. The number of anilines is 3. The smallest absolute Gasteiger partial charge is 0.321 e. The Bertz CT molecular complexity index is 1240. The molecule has 0 aliphatic carbocycles. The summed E-state index contributed by atoms with van der Waals surface area (Å²) in [4.78, 5) is 14.3. The van der Waals surface area contributed by atoms with Crippen LogP contribution in [0.2, 0.25) is 0 Å². The molecule has 8 heteroatoms. The molecule has 3 aromatic carbocycles. The van der Waals surface area contributed by atoms with E-state index in [1.54, 1.807) is 11.9 Å². The van der Waals surface area contributed by atoms with Gasteiger partial charge in [0.05, 0.1) is 0 Å². The Morgan fingerprint density at radius 2 is 1.72 bits per heavy atom. The number of para-hydroxylation sites is 1. The Morgan fingerprint density at radius 3 is 2.50 bits per heavy atom. The molecule has 0 fully saturated rings. The van der Waals surface area contributed by atoms with E-state index < -0.39 is 0 Å². The zero-order valence-corrected chi connectivity index (χ0v) is 20.9. The Labute approximate surface area is 212 Å². The number of nitrogens with zero attached hydrogens (tertiary/aromatic N) is 4. The van der Waals surface area contributed by atoms with Crippen LogP contribution in [0.15, 0.2) is 72.8 Å². The van der Waals surface area contributed by atoms with Crippen molar-refractivity contribution in [1.29, 1.82) is 0 Å². The molecule has 0 spiro atoms. The number of amides is 2. The summed E-state index contributed by atoms with van der Waals surface area (Å²) in [5, 5.41) is 20.6. The number of carbonyl (C=O) groups is 1. The first kappa shape index (κ1) is 24.9. The van der Waals surface area contributed by atoms with Gasteiger partial charge in [0.15, 0.2) is 5.82 Å². The molecule has 0 aliphatic rings. The van der Waals surface area contributed by atoms with Crippen LogP contribution in [0.25, 0.3) is 22.5 Å². The molecule has 36 heavy (non-hydrogen) atoms. The average Bonchev–Trinajstić information content (AvgIpc) is 3.46. The fourth-order valence-electron chi connectivity index (χ4n) is 4.03. The van der Waals surface area contributed by atoms with Gasteiger partial charge in [0.25, 0.3) is 0 Å². The Balaban J connectivity index is 1.39. The number of nitrogens with one attached hydrogen (secondary N) is 3. The second-order valence-electron chi connectivity index (χ2n) is 8.75. The van der Waals surface area contributed by atoms with Crippen molar-refractivity contribution in [1.82, 2.24) is 25.9 Å². The topological polar surface area (TPSA) is 98.8 Å². The summed E-state index contributed by atoms with van der Waals surface area (Å²) in [6.45, 7) is 2.91. The lowest BCUT2D eigenvalue weighted by atomic mass is 10.0. The first-order chi connectivity index (χ1) is 17.7. The number of carbonyl (C=O) groups excluding carboxylic acids is 1. The number of hydrogen-bond donors (Lipinski definition) is 3. The molecule has 0 atom stereocenters. The number of rotatable bonds is 11. The van der Waals surface area contributed by atoms with Crippen LogP contribution in [0.3, 0.4) is 0 Å². The maximum Gasteiger partial charge on any atom is 0.321 e.